The third-order valence-corrected chi connectivity index (χ3v) is 4.67. The van der Waals surface area contributed by atoms with E-state index in [4.69, 9.17) is 9.47 Å². The molecule has 2 atom stereocenters. The lowest BCUT2D eigenvalue weighted by atomic mass is 10.1. The molecular weight excluding hydrogens is 375 g/mol. The van der Waals surface area contributed by atoms with Crippen LogP contribution >= 0.6 is 0 Å². The number of hydrogen-bond acceptors (Lipinski definition) is 4. The Bertz CT molecular complexity index is 1010. The molecule has 0 radical (unpaired) electrons. The van der Waals surface area contributed by atoms with Crippen molar-refractivity contribution in [3.63, 3.8) is 0 Å². The van der Waals surface area contributed by atoms with E-state index in [0.717, 1.165) is 0 Å². The average molecular weight is 396 g/mol. The summed E-state index contributed by atoms with van der Waals surface area (Å²) in [6.07, 6.45) is 3.02. The number of imidazole rings is 1. The number of amides is 2. The molecule has 150 valence electrons. The number of nitrogens with one attached hydrogen (secondary N) is 2. The van der Waals surface area contributed by atoms with Crippen LogP contribution < -0.4 is 20.1 Å². The molecule has 4 rings (SSSR count). The van der Waals surface area contributed by atoms with Crippen molar-refractivity contribution in [2.24, 2.45) is 7.05 Å². The Kier molecular flexibility index (Phi) is 5.33. The smallest absolute Gasteiger partial charge is 0.315 e. The Morgan fingerprint density at radius 2 is 2.00 bits per heavy atom. The van der Waals surface area contributed by atoms with Crippen molar-refractivity contribution < 1.29 is 18.7 Å². The van der Waals surface area contributed by atoms with Gasteiger partial charge in [-0.1, -0.05) is 30.3 Å². The number of para-hydroxylation sites is 2. The van der Waals surface area contributed by atoms with Gasteiger partial charge in [0.1, 0.15) is 24.3 Å². The first-order valence-electron chi connectivity index (χ1n) is 9.26. The molecule has 1 aliphatic rings. The number of carbonyl (C=O) groups excluding carboxylic acids is 1. The zero-order valence-corrected chi connectivity index (χ0v) is 15.8. The summed E-state index contributed by atoms with van der Waals surface area (Å²) in [6.45, 7) is 0.568. The normalized spacial score (nSPS) is 16.1. The van der Waals surface area contributed by atoms with Crippen LogP contribution in [0.3, 0.4) is 0 Å². The highest BCUT2D eigenvalue weighted by molar-refractivity contribution is 5.75. The van der Waals surface area contributed by atoms with Gasteiger partial charge < -0.3 is 24.7 Å². The van der Waals surface area contributed by atoms with Crippen LogP contribution in [0.15, 0.2) is 60.9 Å². The summed E-state index contributed by atoms with van der Waals surface area (Å²) in [5, 5.41) is 5.58. The van der Waals surface area contributed by atoms with Crippen molar-refractivity contribution in [1.29, 1.82) is 0 Å². The lowest BCUT2D eigenvalue weighted by molar-refractivity contribution is 0.0917. The maximum Gasteiger partial charge on any atom is 0.315 e. The summed E-state index contributed by atoms with van der Waals surface area (Å²) in [5.41, 5.74) is 0.336. The number of urea groups is 1. The maximum atomic E-state index is 14.4. The highest BCUT2D eigenvalue weighted by Crippen LogP contribution is 2.30. The van der Waals surface area contributed by atoms with E-state index in [1.54, 1.807) is 42.2 Å². The van der Waals surface area contributed by atoms with E-state index in [-0.39, 0.29) is 12.6 Å². The fraction of sp³-hybridized carbons (Fsp3) is 0.238. The van der Waals surface area contributed by atoms with Gasteiger partial charge in [0.25, 0.3) is 0 Å². The average Bonchev–Trinajstić information content (AvgIpc) is 3.16. The zero-order chi connectivity index (χ0) is 20.2. The highest BCUT2D eigenvalue weighted by Gasteiger charge is 2.25. The number of ether oxygens (including phenoxy) is 2. The number of hydrogen-bond donors (Lipinski definition) is 2. The Hall–Kier alpha value is -3.55. The molecule has 3 aromatic rings. The van der Waals surface area contributed by atoms with Gasteiger partial charge in [0.05, 0.1) is 6.54 Å². The summed E-state index contributed by atoms with van der Waals surface area (Å²) in [4.78, 5) is 16.8. The molecule has 2 aromatic carbocycles. The van der Waals surface area contributed by atoms with Gasteiger partial charge >= 0.3 is 6.03 Å². The van der Waals surface area contributed by atoms with Gasteiger partial charge in [0.2, 0.25) is 0 Å². The molecule has 29 heavy (non-hydrogen) atoms. The van der Waals surface area contributed by atoms with Crippen molar-refractivity contribution >= 4 is 6.03 Å². The van der Waals surface area contributed by atoms with Crippen molar-refractivity contribution in [3.05, 3.63) is 78.1 Å². The maximum absolute atomic E-state index is 14.4. The van der Waals surface area contributed by atoms with Crippen LogP contribution in [-0.4, -0.2) is 34.8 Å². The fourth-order valence-corrected chi connectivity index (χ4v) is 3.20. The number of nitrogens with zero attached hydrogens (tertiary/aromatic N) is 2. The molecule has 0 spiro atoms. The minimum absolute atomic E-state index is 0.241. The zero-order valence-electron chi connectivity index (χ0n) is 15.8. The van der Waals surface area contributed by atoms with Crippen molar-refractivity contribution in [2.45, 2.75) is 12.1 Å². The van der Waals surface area contributed by atoms with E-state index in [1.807, 2.05) is 24.3 Å². The standard InChI is InChI=1S/C21H21FN4O3/c1-26-11-10-23-20(26)19(15-6-2-3-7-16(15)22)25-21(27)24-12-14-13-28-17-8-4-5-9-18(17)29-14/h2-11,14,19H,12-13H2,1H3,(H2,24,25,27)/t14-,19+/m1/s1. The van der Waals surface area contributed by atoms with Crippen LogP contribution in [0.25, 0.3) is 0 Å². The number of carbonyl (C=O) groups is 1. The van der Waals surface area contributed by atoms with E-state index < -0.39 is 17.9 Å². The van der Waals surface area contributed by atoms with Crippen molar-refractivity contribution in [2.75, 3.05) is 13.2 Å². The summed E-state index contributed by atoms with van der Waals surface area (Å²) in [6, 6.07) is 12.5. The molecule has 0 aliphatic carbocycles. The topological polar surface area (TPSA) is 77.4 Å². The Morgan fingerprint density at radius 3 is 2.76 bits per heavy atom. The van der Waals surface area contributed by atoms with Gasteiger partial charge in [-0.05, 0) is 18.2 Å². The summed E-state index contributed by atoms with van der Waals surface area (Å²) in [5.74, 6) is 1.43. The number of aryl methyl sites for hydroxylation is 1. The SMILES string of the molecule is Cn1ccnc1[C@@H](NC(=O)NC[C@@H]1COc2ccccc2O1)c1ccccc1F. The van der Waals surface area contributed by atoms with Crippen LogP contribution in [0.2, 0.25) is 0 Å². The van der Waals surface area contributed by atoms with Crippen LogP contribution in [0.1, 0.15) is 17.4 Å². The van der Waals surface area contributed by atoms with Gasteiger partial charge in [-0.25, -0.2) is 14.2 Å². The third-order valence-electron chi connectivity index (χ3n) is 4.67. The molecule has 1 aromatic heterocycles. The summed E-state index contributed by atoms with van der Waals surface area (Å²) >= 11 is 0. The van der Waals surface area contributed by atoms with Crippen LogP contribution in [0, 0.1) is 5.82 Å². The number of benzene rings is 2. The second kappa shape index (κ2) is 8.22. The minimum Gasteiger partial charge on any atom is -0.486 e. The van der Waals surface area contributed by atoms with Gasteiger partial charge in [-0.15, -0.1) is 0 Å². The Balaban J connectivity index is 1.43. The predicted molar refractivity (Wildman–Crippen MR) is 104 cm³/mol. The van der Waals surface area contributed by atoms with Crippen LogP contribution in [0.4, 0.5) is 9.18 Å². The molecule has 2 heterocycles. The Morgan fingerprint density at radius 1 is 1.24 bits per heavy atom. The third kappa shape index (κ3) is 4.16. The lowest BCUT2D eigenvalue weighted by Gasteiger charge is -2.27. The molecule has 0 fully saturated rings. The monoisotopic (exact) mass is 396 g/mol. The molecule has 2 amide bonds. The molecule has 7 nitrogen and oxygen atoms in total. The van der Waals surface area contributed by atoms with Gasteiger partial charge in [0, 0.05) is 25.0 Å². The molecule has 0 bridgehead atoms. The molecule has 0 saturated heterocycles. The van der Waals surface area contributed by atoms with Crippen LogP contribution in [0.5, 0.6) is 11.5 Å². The number of halogens is 1. The minimum atomic E-state index is -0.736. The molecule has 8 heteroatoms. The summed E-state index contributed by atoms with van der Waals surface area (Å²) in [7, 11) is 1.79. The molecular formula is C21H21FN4O3. The number of aromatic nitrogens is 2. The van der Waals surface area contributed by atoms with Gasteiger partial charge in [0.15, 0.2) is 17.6 Å². The largest absolute Gasteiger partial charge is 0.486 e. The second-order valence-electron chi connectivity index (χ2n) is 6.70. The molecule has 1 aliphatic heterocycles. The van der Waals surface area contributed by atoms with E-state index in [2.05, 4.69) is 15.6 Å². The van der Waals surface area contributed by atoms with E-state index in [9.17, 15) is 9.18 Å². The van der Waals surface area contributed by atoms with E-state index in [0.29, 0.717) is 29.5 Å². The van der Waals surface area contributed by atoms with Gasteiger partial charge in [-0.3, -0.25) is 0 Å². The van der Waals surface area contributed by atoms with Crippen molar-refractivity contribution in [1.82, 2.24) is 20.2 Å². The van der Waals surface area contributed by atoms with E-state index >= 15 is 0 Å². The number of fused-ring (bicyclic) bond motifs is 1. The van der Waals surface area contributed by atoms with Crippen LogP contribution in [-0.2, 0) is 7.05 Å². The highest BCUT2D eigenvalue weighted by atomic mass is 19.1. The predicted octanol–water partition coefficient (Wildman–Crippen LogP) is 2.79. The number of rotatable bonds is 5. The fourth-order valence-electron chi connectivity index (χ4n) is 3.20. The van der Waals surface area contributed by atoms with Gasteiger partial charge in [-0.2, -0.15) is 0 Å². The summed E-state index contributed by atoms with van der Waals surface area (Å²) < 4.78 is 27.6. The van der Waals surface area contributed by atoms with Crippen molar-refractivity contribution in [3.8, 4) is 11.5 Å². The lowest BCUT2D eigenvalue weighted by Crippen LogP contribution is -2.45. The first-order chi connectivity index (χ1) is 14.1. The quantitative estimate of drug-likeness (QED) is 0.695. The van der Waals surface area contributed by atoms with E-state index in [1.165, 1.54) is 6.07 Å². The molecule has 2 N–H and O–H groups in total. The first-order valence-corrected chi connectivity index (χ1v) is 9.26. The Labute approximate surface area is 167 Å². The molecule has 0 saturated carbocycles. The second-order valence-corrected chi connectivity index (χ2v) is 6.70. The molecule has 0 unspecified atom stereocenters. The first kappa shape index (κ1) is 18.8.